The van der Waals surface area contributed by atoms with E-state index in [1.807, 2.05) is 0 Å². The van der Waals surface area contributed by atoms with E-state index in [4.69, 9.17) is 5.11 Å². The van der Waals surface area contributed by atoms with Crippen LogP contribution >= 0.6 is 0 Å². The lowest BCUT2D eigenvalue weighted by atomic mass is 10.1. The number of carboxylic acid groups (broad SMARTS) is 1. The molecule has 0 aromatic heterocycles. The molecule has 2 N–H and O–H groups in total. The number of carbonyl (C=O) groups is 2. The molecule has 1 amide bonds. The second-order valence-electron chi connectivity index (χ2n) is 4.23. The van der Waals surface area contributed by atoms with Gasteiger partial charge in [-0.05, 0) is 19.3 Å². The highest BCUT2D eigenvalue weighted by Gasteiger charge is 2.32. The number of halogens is 3. The molecule has 98 valence electrons. The quantitative estimate of drug-likeness (QED) is 0.801. The molecule has 0 bridgehead atoms. The number of aliphatic carboxylic acids is 1. The maximum atomic E-state index is 11.8. The van der Waals surface area contributed by atoms with Crippen molar-refractivity contribution in [2.45, 2.75) is 44.3 Å². The lowest BCUT2D eigenvalue weighted by Crippen LogP contribution is -2.33. The summed E-state index contributed by atoms with van der Waals surface area (Å²) in [6.07, 6.45) is -4.82. The number of hydrogen-bond donors (Lipinski definition) is 2. The van der Waals surface area contributed by atoms with Crippen molar-refractivity contribution >= 4 is 11.9 Å². The van der Waals surface area contributed by atoms with Crippen molar-refractivity contribution in [1.29, 1.82) is 0 Å². The van der Waals surface area contributed by atoms with Crippen LogP contribution in [0.4, 0.5) is 13.2 Å². The third-order valence-electron chi connectivity index (χ3n) is 2.78. The highest BCUT2D eigenvalue weighted by Crippen LogP contribution is 2.26. The van der Waals surface area contributed by atoms with Gasteiger partial charge in [0.05, 0.1) is 12.3 Å². The zero-order valence-corrected chi connectivity index (χ0v) is 9.09. The molecule has 0 spiro atoms. The van der Waals surface area contributed by atoms with Crippen molar-refractivity contribution in [1.82, 2.24) is 5.32 Å². The average Bonchev–Trinajstić information content (AvgIpc) is 2.62. The minimum Gasteiger partial charge on any atom is -0.481 e. The van der Waals surface area contributed by atoms with Gasteiger partial charge in [-0.25, -0.2) is 0 Å². The molecular formula is C10H14F3NO3. The fourth-order valence-electron chi connectivity index (χ4n) is 1.89. The number of rotatable bonds is 4. The first kappa shape index (κ1) is 13.8. The first-order valence-corrected chi connectivity index (χ1v) is 5.37. The largest absolute Gasteiger partial charge is 0.481 e. The molecule has 1 rings (SSSR count). The fraction of sp³-hybridized carbons (Fsp3) is 0.800. The van der Waals surface area contributed by atoms with E-state index in [-0.39, 0.29) is 6.04 Å². The van der Waals surface area contributed by atoms with E-state index in [1.54, 1.807) is 0 Å². The van der Waals surface area contributed by atoms with Crippen LogP contribution < -0.4 is 5.32 Å². The lowest BCUT2D eigenvalue weighted by Gasteiger charge is -2.13. The van der Waals surface area contributed by atoms with E-state index < -0.39 is 36.8 Å². The average molecular weight is 253 g/mol. The molecule has 0 aromatic carbocycles. The number of amides is 1. The van der Waals surface area contributed by atoms with Gasteiger partial charge in [0.2, 0.25) is 5.91 Å². The molecule has 0 aliphatic heterocycles. The molecule has 1 aliphatic rings. The number of hydrogen-bond acceptors (Lipinski definition) is 2. The van der Waals surface area contributed by atoms with Crippen LogP contribution in [-0.4, -0.2) is 29.2 Å². The van der Waals surface area contributed by atoms with Gasteiger partial charge in [0.1, 0.15) is 0 Å². The first-order chi connectivity index (χ1) is 7.78. The third kappa shape index (κ3) is 5.06. The van der Waals surface area contributed by atoms with Crippen LogP contribution in [0.1, 0.15) is 32.1 Å². The van der Waals surface area contributed by atoms with Crippen molar-refractivity contribution in [3.63, 3.8) is 0 Å². The smallest absolute Gasteiger partial charge is 0.389 e. The Morgan fingerprint density at radius 3 is 2.41 bits per heavy atom. The SMILES string of the molecule is O=C(CCC(F)(F)F)NC1CCC(C(=O)O)C1. The molecule has 2 atom stereocenters. The van der Waals surface area contributed by atoms with Gasteiger partial charge in [-0.3, -0.25) is 9.59 Å². The van der Waals surface area contributed by atoms with Gasteiger partial charge in [-0.2, -0.15) is 13.2 Å². The van der Waals surface area contributed by atoms with Crippen LogP contribution in [0, 0.1) is 5.92 Å². The molecule has 1 saturated carbocycles. The molecule has 7 heteroatoms. The van der Waals surface area contributed by atoms with Crippen molar-refractivity contribution < 1.29 is 27.9 Å². The summed E-state index contributed by atoms with van der Waals surface area (Å²) in [6, 6.07) is -0.308. The van der Waals surface area contributed by atoms with Crippen LogP contribution in [0.25, 0.3) is 0 Å². The summed E-state index contributed by atoms with van der Waals surface area (Å²) >= 11 is 0. The normalized spacial score (nSPS) is 24.6. The molecule has 17 heavy (non-hydrogen) atoms. The van der Waals surface area contributed by atoms with E-state index in [9.17, 15) is 22.8 Å². The highest BCUT2D eigenvalue weighted by atomic mass is 19.4. The third-order valence-corrected chi connectivity index (χ3v) is 2.78. The summed E-state index contributed by atoms with van der Waals surface area (Å²) in [7, 11) is 0. The highest BCUT2D eigenvalue weighted by molar-refractivity contribution is 5.76. The summed E-state index contributed by atoms with van der Waals surface area (Å²) in [5.41, 5.74) is 0. The number of nitrogens with one attached hydrogen (secondary N) is 1. The predicted molar refractivity (Wildman–Crippen MR) is 52.2 cm³/mol. The van der Waals surface area contributed by atoms with Gasteiger partial charge >= 0.3 is 12.1 Å². The minimum absolute atomic E-state index is 0.299. The van der Waals surface area contributed by atoms with Gasteiger partial charge < -0.3 is 10.4 Å². The number of carbonyl (C=O) groups excluding carboxylic acids is 1. The second kappa shape index (κ2) is 5.37. The summed E-state index contributed by atoms with van der Waals surface area (Å²) in [5, 5.41) is 11.1. The zero-order valence-electron chi connectivity index (χ0n) is 9.09. The number of alkyl halides is 3. The Morgan fingerprint density at radius 2 is 1.94 bits per heavy atom. The van der Waals surface area contributed by atoms with E-state index in [1.165, 1.54) is 0 Å². The predicted octanol–water partition coefficient (Wildman–Crippen LogP) is 1.70. The summed E-state index contributed by atoms with van der Waals surface area (Å²) in [5.74, 6) is -2.08. The van der Waals surface area contributed by atoms with E-state index >= 15 is 0 Å². The molecule has 0 aromatic rings. The van der Waals surface area contributed by atoms with Crippen LogP contribution in [0.5, 0.6) is 0 Å². The van der Waals surface area contributed by atoms with Gasteiger partial charge in [0, 0.05) is 12.5 Å². The maximum absolute atomic E-state index is 11.8. The topological polar surface area (TPSA) is 66.4 Å². The summed E-state index contributed by atoms with van der Waals surface area (Å²) < 4.78 is 35.5. The molecule has 0 radical (unpaired) electrons. The van der Waals surface area contributed by atoms with Crippen LogP contribution in [-0.2, 0) is 9.59 Å². The van der Waals surface area contributed by atoms with Gasteiger partial charge in [0.15, 0.2) is 0 Å². The molecule has 2 unspecified atom stereocenters. The summed E-state index contributed by atoms with van der Waals surface area (Å²) in [6.45, 7) is 0. The Morgan fingerprint density at radius 1 is 1.29 bits per heavy atom. The molecule has 0 heterocycles. The number of carboxylic acids is 1. The van der Waals surface area contributed by atoms with Gasteiger partial charge in [-0.15, -0.1) is 0 Å². The zero-order chi connectivity index (χ0) is 13.1. The molecular weight excluding hydrogens is 239 g/mol. The lowest BCUT2D eigenvalue weighted by molar-refractivity contribution is -0.144. The maximum Gasteiger partial charge on any atom is 0.389 e. The van der Waals surface area contributed by atoms with E-state index in [0.29, 0.717) is 19.3 Å². The molecule has 1 fully saturated rings. The van der Waals surface area contributed by atoms with Crippen molar-refractivity contribution in [3.8, 4) is 0 Å². The fourth-order valence-corrected chi connectivity index (χ4v) is 1.89. The van der Waals surface area contributed by atoms with Crippen LogP contribution in [0.2, 0.25) is 0 Å². The van der Waals surface area contributed by atoms with Crippen molar-refractivity contribution in [2.24, 2.45) is 5.92 Å². The standard InChI is InChI=1S/C10H14F3NO3/c11-10(12,13)4-3-8(15)14-7-2-1-6(5-7)9(16)17/h6-7H,1-5H2,(H,14,15)(H,16,17). The Balaban J connectivity index is 2.26. The molecule has 1 aliphatic carbocycles. The Labute approximate surface area is 96.2 Å². The Kier molecular flexibility index (Phi) is 4.36. The Bertz CT molecular complexity index is 304. The van der Waals surface area contributed by atoms with Gasteiger partial charge in [-0.1, -0.05) is 0 Å². The van der Waals surface area contributed by atoms with Crippen molar-refractivity contribution in [2.75, 3.05) is 0 Å². The molecule has 4 nitrogen and oxygen atoms in total. The van der Waals surface area contributed by atoms with Crippen molar-refractivity contribution in [3.05, 3.63) is 0 Å². The van der Waals surface area contributed by atoms with Gasteiger partial charge in [0.25, 0.3) is 0 Å². The van der Waals surface area contributed by atoms with E-state index in [2.05, 4.69) is 5.32 Å². The summed E-state index contributed by atoms with van der Waals surface area (Å²) in [4.78, 5) is 21.8. The Hall–Kier alpha value is -1.27. The minimum atomic E-state index is -4.34. The molecule has 0 saturated heterocycles. The first-order valence-electron chi connectivity index (χ1n) is 5.37. The van der Waals surface area contributed by atoms with Crippen LogP contribution in [0.15, 0.2) is 0 Å². The monoisotopic (exact) mass is 253 g/mol. The second-order valence-corrected chi connectivity index (χ2v) is 4.23. The van der Waals surface area contributed by atoms with Crippen LogP contribution in [0.3, 0.4) is 0 Å². The van der Waals surface area contributed by atoms with E-state index in [0.717, 1.165) is 0 Å².